The molecule has 0 saturated carbocycles. The van der Waals surface area contributed by atoms with Crippen molar-refractivity contribution in [2.24, 2.45) is 7.05 Å². The van der Waals surface area contributed by atoms with Gasteiger partial charge in [-0.2, -0.15) is 0 Å². The van der Waals surface area contributed by atoms with Gasteiger partial charge < -0.3 is 19.1 Å². The highest BCUT2D eigenvalue weighted by Gasteiger charge is 2.21. The van der Waals surface area contributed by atoms with E-state index in [9.17, 15) is 14.7 Å². The van der Waals surface area contributed by atoms with Gasteiger partial charge in [-0.05, 0) is 24.3 Å². The predicted molar refractivity (Wildman–Crippen MR) is 127 cm³/mol. The average molecular weight is 496 g/mol. The van der Waals surface area contributed by atoms with Crippen molar-refractivity contribution < 1.29 is 14.6 Å². The molecule has 0 unspecified atom stereocenters. The highest BCUT2D eigenvalue weighted by Crippen LogP contribution is 2.23. The number of halogens is 1. The molecule has 1 saturated heterocycles. The lowest BCUT2D eigenvalue weighted by atomic mass is 10.3. The molecule has 4 rings (SSSR count). The molecule has 0 bridgehead atoms. The Balaban J connectivity index is 1.52. The van der Waals surface area contributed by atoms with Crippen molar-refractivity contribution in [1.29, 1.82) is 0 Å². The molecule has 0 aliphatic carbocycles. The number of nitrogens with one attached hydrogen (secondary N) is 1. The van der Waals surface area contributed by atoms with Crippen molar-refractivity contribution >= 4 is 34.5 Å². The Morgan fingerprint density at radius 2 is 2.00 bits per heavy atom. The van der Waals surface area contributed by atoms with Crippen molar-refractivity contribution in [3.05, 3.63) is 50.1 Å². The number of hydrogen-bond donors (Lipinski definition) is 2. The molecule has 0 radical (unpaired) electrons. The lowest BCUT2D eigenvalue weighted by Gasteiger charge is -2.26. The van der Waals surface area contributed by atoms with E-state index in [0.717, 1.165) is 38.6 Å². The van der Waals surface area contributed by atoms with E-state index in [4.69, 9.17) is 21.1 Å². The van der Waals surface area contributed by atoms with Crippen molar-refractivity contribution in [2.45, 2.75) is 17.8 Å². The Kier molecular flexibility index (Phi) is 7.76. The third kappa shape index (κ3) is 5.79. The van der Waals surface area contributed by atoms with E-state index in [0.29, 0.717) is 15.9 Å². The van der Waals surface area contributed by atoms with Crippen LogP contribution in [0.2, 0.25) is 5.02 Å². The fraction of sp³-hybridized carbons (Fsp3) is 0.476. The molecule has 3 aromatic rings. The van der Waals surface area contributed by atoms with Crippen molar-refractivity contribution in [3.8, 4) is 5.75 Å². The average Bonchev–Trinajstić information content (AvgIpc) is 3.16. The number of morpholine rings is 1. The van der Waals surface area contributed by atoms with Gasteiger partial charge in [-0.1, -0.05) is 23.4 Å². The predicted octanol–water partition coefficient (Wildman–Crippen LogP) is 0.941. The molecular formula is C21H26ClN5O5S. The number of aromatic amines is 1. The fourth-order valence-corrected chi connectivity index (χ4v) is 4.70. The van der Waals surface area contributed by atoms with E-state index >= 15 is 0 Å². The number of aromatic nitrogens is 4. The van der Waals surface area contributed by atoms with Gasteiger partial charge in [0.25, 0.3) is 5.56 Å². The third-order valence-electron chi connectivity index (χ3n) is 5.36. The second-order valence-corrected chi connectivity index (χ2v) is 9.22. The van der Waals surface area contributed by atoms with E-state index in [1.54, 1.807) is 35.9 Å². The minimum Gasteiger partial charge on any atom is -0.491 e. The van der Waals surface area contributed by atoms with E-state index in [1.807, 2.05) is 0 Å². The zero-order chi connectivity index (χ0) is 23.4. The summed E-state index contributed by atoms with van der Waals surface area (Å²) in [7, 11) is 1.56. The number of thioether (sulfide) groups is 1. The number of rotatable bonds is 9. The van der Waals surface area contributed by atoms with E-state index < -0.39 is 17.4 Å². The summed E-state index contributed by atoms with van der Waals surface area (Å²) in [6, 6.07) is 6.84. The third-order valence-corrected chi connectivity index (χ3v) is 6.57. The smallest absolute Gasteiger partial charge is 0.329 e. The van der Waals surface area contributed by atoms with Crippen LogP contribution in [-0.4, -0.2) is 80.4 Å². The molecule has 3 heterocycles. The first-order valence-electron chi connectivity index (χ1n) is 10.6. The maximum absolute atomic E-state index is 12.6. The summed E-state index contributed by atoms with van der Waals surface area (Å²) in [5.74, 6) is 1.32. The molecular weight excluding hydrogens is 470 g/mol. The summed E-state index contributed by atoms with van der Waals surface area (Å²) in [6.07, 6.45) is -0.909. The molecule has 1 atom stereocenters. The first-order chi connectivity index (χ1) is 15.9. The number of aliphatic hydroxyl groups is 1. The van der Waals surface area contributed by atoms with Crippen LogP contribution in [0.5, 0.6) is 5.75 Å². The topological polar surface area (TPSA) is 115 Å². The summed E-state index contributed by atoms with van der Waals surface area (Å²) in [4.78, 5) is 33.8. The van der Waals surface area contributed by atoms with Crippen LogP contribution >= 0.6 is 23.4 Å². The van der Waals surface area contributed by atoms with Crippen LogP contribution in [0.15, 0.2) is 39.0 Å². The number of H-pyrrole nitrogens is 1. The molecule has 1 aliphatic heterocycles. The first-order valence-corrected chi connectivity index (χ1v) is 12.0. The Morgan fingerprint density at radius 3 is 2.73 bits per heavy atom. The van der Waals surface area contributed by atoms with Crippen LogP contribution in [0, 0.1) is 0 Å². The number of nitrogens with zero attached hydrogens (tertiary/aromatic N) is 4. The van der Waals surface area contributed by atoms with Crippen LogP contribution in [0.1, 0.15) is 0 Å². The van der Waals surface area contributed by atoms with Gasteiger partial charge in [0.15, 0.2) is 16.3 Å². The number of hydrogen-bond acceptors (Lipinski definition) is 8. The van der Waals surface area contributed by atoms with Gasteiger partial charge in [0.1, 0.15) is 18.5 Å². The number of aliphatic hydroxyl groups excluding tert-OH is 1. The number of benzene rings is 1. The number of ether oxygens (including phenoxy) is 2. The normalized spacial score (nSPS) is 15.7. The zero-order valence-corrected chi connectivity index (χ0v) is 19.8. The fourth-order valence-electron chi connectivity index (χ4n) is 3.57. The van der Waals surface area contributed by atoms with E-state index in [-0.39, 0.29) is 24.3 Å². The molecule has 2 aromatic heterocycles. The standard InChI is InChI=1S/C21H26ClN5O5S/c1-25-18-17(19(29)24-20(25)30)27(12-15(28)13-32-16-4-2-14(22)3-5-16)21(23-18)33-11-8-26-6-9-31-10-7-26/h2-5,15,28H,6-13H2,1H3,(H,24,29,30)/t15-/m1/s1. The quantitative estimate of drug-likeness (QED) is 0.421. The minimum absolute atomic E-state index is 0.0167. The molecule has 0 amide bonds. The van der Waals surface area contributed by atoms with Crippen LogP contribution in [0.4, 0.5) is 0 Å². The monoisotopic (exact) mass is 495 g/mol. The summed E-state index contributed by atoms with van der Waals surface area (Å²) >= 11 is 7.37. The van der Waals surface area contributed by atoms with Crippen molar-refractivity contribution in [2.75, 3.05) is 45.2 Å². The van der Waals surface area contributed by atoms with Gasteiger partial charge in [0, 0.05) is 37.5 Å². The van der Waals surface area contributed by atoms with Gasteiger partial charge in [-0.15, -0.1) is 0 Å². The van der Waals surface area contributed by atoms with E-state index in [2.05, 4.69) is 14.9 Å². The molecule has 12 heteroatoms. The van der Waals surface area contributed by atoms with E-state index in [1.165, 1.54) is 16.3 Å². The van der Waals surface area contributed by atoms with Crippen LogP contribution in [0.25, 0.3) is 11.2 Å². The summed E-state index contributed by atoms with van der Waals surface area (Å²) in [6.45, 7) is 4.15. The number of fused-ring (bicyclic) bond motifs is 1. The van der Waals surface area contributed by atoms with Crippen LogP contribution in [-0.2, 0) is 18.3 Å². The largest absolute Gasteiger partial charge is 0.491 e. The molecule has 1 fully saturated rings. The Labute approximate surface area is 199 Å². The molecule has 10 nitrogen and oxygen atoms in total. The van der Waals surface area contributed by atoms with Gasteiger partial charge in [-0.3, -0.25) is 19.2 Å². The summed E-state index contributed by atoms with van der Waals surface area (Å²) < 4.78 is 14.0. The second kappa shape index (κ2) is 10.7. The summed E-state index contributed by atoms with van der Waals surface area (Å²) in [5.41, 5.74) is -0.542. The highest BCUT2D eigenvalue weighted by molar-refractivity contribution is 7.99. The highest BCUT2D eigenvalue weighted by atomic mass is 35.5. The first kappa shape index (κ1) is 23.8. The van der Waals surface area contributed by atoms with Gasteiger partial charge >= 0.3 is 5.69 Å². The zero-order valence-electron chi connectivity index (χ0n) is 18.2. The van der Waals surface area contributed by atoms with Gasteiger partial charge in [0.05, 0.1) is 19.8 Å². The molecule has 1 aliphatic rings. The SMILES string of the molecule is Cn1c(=O)[nH]c(=O)c2c1nc(SCCN1CCOCC1)n2C[C@@H](O)COc1ccc(Cl)cc1. The van der Waals surface area contributed by atoms with Gasteiger partial charge in [-0.25, -0.2) is 9.78 Å². The lowest BCUT2D eigenvalue weighted by molar-refractivity contribution is 0.0410. The van der Waals surface area contributed by atoms with Gasteiger partial charge in [0.2, 0.25) is 0 Å². The molecule has 33 heavy (non-hydrogen) atoms. The van der Waals surface area contributed by atoms with Crippen LogP contribution in [0.3, 0.4) is 0 Å². The van der Waals surface area contributed by atoms with Crippen molar-refractivity contribution in [3.63, 3.8) is 0 Å². The molecule has 1 aromatic carbocycles. The minimum atomic E-state index is -0.909. The Hall–Kier alpha value is -2.31. The van der Waals surface area contributed by atoms with Crippen LogP contribution < -0.4 is 16.0 Å². The summed E-state index contributed by atoms with van der Waals surface area (Å²) in [5, 5.41) is 11.8. The van der Waals surface area contributed by atoms with Crippen molar-refractivity contribution in [1.82, 2.24) is 24.0 Å². The Morgan fingerprint density at radius 1 is 1.27 bits per heavy atom. The maximum atomic E-state index is 12.6. The molecule has 2 N–H and O–H groups in total. The maximum Gasteiger partial charge on any atom is 0.329 e. The lowest BCUT2D eigenvalue weighted by Crippen LogP contribution is -2.37. The second-order valence-electron chi connectivity index (χ2n) is 7.72. The molecule has 0 spiro atoms. The molecule has 178 valence electrons. The number of aryl methyl sites for hydroxylation is 1. The Bertz CT molecular complexity index is 1200. The number of imidazole rings is 1.